The van der Waals surface area contributed by atoms with Gasteiger partial charge in [-0.3, -0.25) is 0 Å². The van der Waals surface area contributed by atoms with Crippen LogP contribution in [0, 0.1) is 5.41 Å². The number of hydrogen-bond acceptors (Lipinski definition) is 2. The van der Waals surface area contributed by atoms with Gasteiger partial charge in [0.25, 0.3) is 0 Å². The van der Waals surface area contributed by atoms with Crippen LogP contribution >= 0.6 is 0 Å². The summed E-state index contributed by atoms with van der Waals surface area (Å²) in [6.45, 7) is 1.11. The molecule has 0 radical (unpaired) electrons. The number of halogens is 2. The van der Waals surface area contributed by atoms with Gasteiger partial charge >= 0.3 is 11.9 Å². The van der Waals surface area contributed by atoms with Crippen molar-refractivity contribution >= 4 is 5.97 Å². The Bertz CT molecular complexity index is 165. The van der Waals surface area contributed by atoms with Gasteiger partial charge < -0.3 is 10.2 Å². The monoisotopic (exact) mass is 168 g/mol. The standard InChI is InChI=1S/C6H10F2O3/c1-5(2,3-9)6(7,8)4(10)11/h9H,3H2,1-2H3,(H,10,11). The Labute approximate surface area is 62.6 Å². The lowest BCUT2D eigenvalue weighted by atomic mass is 9.86. The van der Waals surface area contributed by atoms with Crippen molar-refractivity contribution < 1.29 is 23.8 Å². The summed E-state index contributed by atoms with van der Waals surface area (Å²) in [5.41, 5.74) is -1.92. The summed E-state index contributed by atoms with van der Waals surface area (Å²) >= 11 is 0. The first-order chi connectivity index (χ1) is 4.75. The first kappa shape index (κ1) is 10.3. The second kappa shape index (κ2) is 2.73. The average Bonchev–Trinajstić information content (AvgIpc) is 1.87. The van der Waals surface area contributed by atoms with Crippen molar-refractivity contribution in [3.8, 4) is 0 Å². The SMILES string of the molecule is CC(C)(CO)C(F)(F)C(=O)O. The molecule has 5 heteroatoms. The zero-order valence-corrected chi connectivity index (χ0v) is 6.27. The third-order valence-corrected chi connectivity index (χ3v) is 1.51. The van der Waals surface area contributed by atoms with E-state index >= 15 is 0 Å². The maximum atomic E-state index is 12.6. The van der Waals surface area contributed by atoms with Gasteiger partial charge in [-0.1, -0.05) is 13.8 Å². The van der Waals surface area contributed by atoms with Gasteiger partial charge in [0.15, 0.2) is 0 Å². The van der Waals surface area contributed by atoms with Gasteiger partial charge in [0.2, 0.25) is 0 Å². The van der Waals surface area contributed by atoms with Crippen molar-refractivity contribution in [3.05, 3.63) is 0 Å². The van der Waals surface area contributed by atoms with Gasteiger partial charge in [0.05, 0.1) is 12.0 Å². The molecule has 0 aromatic carbocycles. The highest BCUT2D eigenvalue weighted by Crippen LogP contribution is 2.35. The molecule has 0 saturated carbocycles. The topological polar surface area (TPSA) is 57.5 Å². The molecule has 0 saturated heterocycles. The molecule has 0 fully saturated rings. The third kappa shape index (κ3) is 1.65. The smallest absolute Gasteiger partial charge is 0.375 e. The molecular weight excluding hydrogens is 158 g/mol. The minimum Gasteiger partial charge on any atom is -0.477 e. The van der Waals surface area contributed by atoms with E-state index in [1.807, 2.05) is 0 Å². The Morgan fingerprint density at radius 3 is 1.91 bits per heavy atom. The molecule has 0 aliphatic carbocycles. The minimum atomic E-state index is -3.89. The lowest BCUT2D eigenvalue weighted by Gasteiger charge is -2.28. The first-order valence-corrected chi connectivity index (χ1v) is 2.98. The molecule has 2 N–H and O–H groups in total. The fourth-order valence-corrected chi connectivity index (χ4v) is 0.389. The van der Waals surface area contributed by atoms with Gasteiger partial charge in [-0.15, -0.1) is 0 Å². The number of aliphatic hydroxyl groups is 1. The van der Waals surface area contributed by atoms with Crippen molar-refractivity contribution in [2.75, 3.05) is 6.61 Å². The second-order valence-electron chi connectivity index (χ2n) is 2.92. The van der Waals surface area contributed by atoms with E-state index in [4.69, 9.17) is 10.2 Å². The van der Waals surface area contributed by atoms with Crippen molar-refractivity contribution in [3.63, 3.8) is 0 Å². The highest BCUT2D eigenvalue weighted by molar-refractivity contribution is 5.76. The van der Waals surface area contributed by atoms with E-state index in [1.54, 1.807) is 0 Å². The third-order valence-electron chi connectivity index (χ3n) is 1.51. The van der Waals surface area contributed by atoms with Gasteiger partial charge in [0.1, 0.15) is 0 Å². The number of alkyl halides is 2. The molecule has 0 unspecified atom stereocenters. The van der Waals surface area contributed by atoms with Crippen molar-refractivity contribution in [1.82, 2.24) is 0 Å². The number of hydrogen-bond donors (Lipinski definition) is 2. The molecule has 0 atom stereocenters. The lowest BCUT2D eigenvalue weighted by molar-refractivity contribution is -0.188. The van der Waals surface area contributed by atoms with Gasteiger partial charge in [-0.05, 0) is 0 Å². The Kier molecular flexibility index (Phi) is 2.55. The van der Waals surface area contributed by atoms with Crippen LogP contribution in [0.25, 0.3) is 0 Å². The summed E-state index contributed by atoms with van der Waals surface area (Å²) < 4.78 is 25.1. The quantitative estimate of drug-likeness (QED) is 0.652. The Morgan fingerprint density at radius 1 is 1.45 bits per heavy atom. The number of carboxylic acids is 1. The van der Waals surface area contributed by atoms with Crippen LogP contribution in [0.15, 0.2) is 0 Å². The van der Waals surface area contributed by atoms with E-state index < -0.39 is 23.9 Å². The molecule has 0 heterocycles. The molecule has 11 heavy (non-hydrogen) atoms. The molecule has 0 spiro atoms. The molecule has 0 aromatic heterocycles. The Hall–Kier alpha value is -0.710. The number of carbonyl (C=O) groups is 1. The van der Waals surface area contributed by atoms with Crippen LogP contribution in [0.1, 0.15) is 13.8 Å². The second-order valence-corrected chi connectivity index (χ2v) is 2.92. The molecule has 0 bridgehead atoms. The Morgan fingerprint density at radius 2 is 1.82 bits per heavy atom. The van der Waals surface area contributed by atoms with E-state index in [2.05, 4.69) is 0 Å². The summed E-state index contributed by atoms with van der Waals surface area (Å²) in [7, 11) is 0. The normalized spacial score (nSPS) is 13.2. The molecule has 0 amide bonds. The van der Waals surface area contributed by atoms with Crippen LogP contribution in [0.3, 0.4) is 0 Å². The van der Waals surface area contributed by atoms with E-state index in [1.165, 1.54) is 0 Å². The number of aliphatic carboxylic acids is 1. The number of aliphatic hydroxyl groups excluding tert-OH is 1. The minimum absolute atomic E-state index is 0.869. The summed E-state index contributed by atoms with van der Waals surface area (Å²) in [4.78, 5) is 9.97. The van der Waals surface area contributed by atoms with Gasteiger partial charge in [-0.2, -0.15) is 8.78 Å². The Balaban J connectivity index is 4.67. The van der Waals surface area contributed by atoms with Gasteiger partial charge in [0, 0.05) is 0 Å². The fraction of sp³-hybridized carbons (Fsp3) is 0.833. The van der Waals surface area contributed by atoms with Crippen LogP contribution < -0.4 is 0 Å². The molecule has 0 rings (SSSR count). The van der Waals surface area contributed by atoms with Crippen molar-refractivity contribution in [2.24, 2.45) is 5.41 Å². The summed E-state index contributed by atoms with van der Waals surface area (Å²) in [6.07, 6.45) is 0. The lowest BCUT2D eigenvalue weighted by Crippen LogP contribution is -2.45. The van der Waals surface area contributed by atoms with E-state index in [0.29, 0.717) is 0 Å². The summed E-state index contributed by atoms with van der Waals surface area (Å²) in [6, 6.07) is 0. The molecule has 66 valence electrons. The zero-order chi connectivity index (χ0) is 9.28. The number of rotatable bonds is 3. The van der Waals surface area contributed by atoms with Crippen LogP contribution in [-0.2, 0) is 4.79 Å². The zero-order valence-electron chi connectivity index (χ0n) is 6.27. The van der Waals surface area contributed by atoms with Crippen molar-refractivity contribution in [2.45, 2.75) is 19.8 Å². The van der Waals surface area contributed by atoms with Gasteiger partial charge in [-0.25, -0.2) is 4.79 Å². The molecular formula is C6H10F2O3. The van der Waals surface area contributed by atoms with E-state index in [0.717, 1.165) is 13.8 Å². The average molecular weight is 168 g/mol. The molecule has 0 aliphatic rings. The van der Waals surface area contributed by atoms with Crippen LogP contribution in [0.4, 0.5) is 8.78 Å². The highest BCUT2D eigenvalue weighted by Gasteiger charge is 2.53. The van der Waals surface area contributed by atoms with E-state index in [-0.39, 0.29) is 0 Å². The number of carboxylic acid groups (broad SMARTS) is 1. The molecule has 3 nitrogen and oxygen atoms in total. The maximum absolute atomic E-state index is 12.6. The van der Waals surface area contributed by atoms with Crippen LogP contribution in [-0.4, -0.2) is 28.7 Å². The molecule has 0 aromatic rings. The predicted molar refractivity (Wildman–Crippen MR) is 33.4 cm³/mol. The highest BCUT2D eigenvalue weighted by atomic mass is 19.3. The van der Waals surface area contributed by atoms with Crippen molar-refractivity contribution in [1.29, 1.82) is 0 Å². The van der Waals surface area contributed by atoms with Crippen LogP contribution in [0.5, 0.6) is 0 Å². The fourth-order valence-electron chi connectivity index (χ4n) is 0.389. The summed E-state index contributed by atoms with van der Waals surface area (Å²) in [5.74, 6) is -6.10. The molecule has 0 aliphatic heterocycles. The maximum Gasteiger partial charge on any atom is 0.375 e. The predicted octanol–water partition coefficient (Wildman–Crippen LogP) is 0.725. The largest absolute Gasteiger partial charge is 0.477 e. The summed E-state index contributed by atoms with van der Waals surface area (Å²) in [5, 5.41) is 16.5. The van der Waals surface area contributed by atoms with Crippen LogP contribution in [0.2, 0.25) is 0 Å². The van der Waals surface area contributed by atoms with E-state index in [9.17, 15) is 13.6 Å². The first-order valence-electron chi connectivity index (χ1n) is 2.98.